The predicted octanol–water partition coefficient (Wildman–Crippen LogP) is 4.48. The van der Waals surface area contributed by atoms with Gasteiger partial charge in [0.2, 0.25) is 0 Å². The van der Waals surface area contributed by atoms with Crippen LogP contribution in [0.3, 0.4) is 0 Å². The Morgan fingerprint density at radius 1 is 0.917 bits per heavy atom. The van der Waals surface area contributed by atoms with E-state index in [1.54, 1.807) is 0 Å². The summed E-state index contributed by atoms with van der Waals surface area (Å²) in [4.78, 5) is 12.2. The van der Waals surface area contributed by atoms with Gasteiger partial charge in [0.05, 0.1) is 6.04 Å². The van der Waals surface area contributed by atoms with E-state index >= 15 is 0 Å². The zero-order chi connectivity index (χ0) is 17.9. The van der Waals surface area contributed by atoms with E-state index < -0.39 is 0 Å². The van der Waals surface area contributed by atoms with Gasteiger partial charge in [-0.05, 0) is 87.1 Å². The molecule has 1 N–H and O–H groups in total. The summed E-state index contributed by atoms with van der Waals surface area (Å²) < 4.78 is 5.60. The van der Waals surface area contributed by atoms with Crippen LogP contribution in [0, 0.1) is 34.6 Å². The standard InChI is InChI=1S/C21H27NO2/c1-13-7-8-19(10-15(13)3)24-12-21(23)22-18(6)20-11-16(4)14(2)9-17(20)5/h7-11,18H,12H2,1-6H3,(H,22,23)/t18-/m0/s1. The Kier molecular flexibility index (Phi) is 5.66. The molecule has 128 valence electrons. The van der Waals surface area contributed by atoms with E-state index in [9.17, 15) is 4.79 Å². The van der Waals surface area contributed by atoms with Crippen molar-refractivity contribution in [1.82, 2.24) is 5.32 Å². The highest BCUT2D eigenvalue weighted by Gasteiger charge is 2.13. The average molecular weight is 325 g/mol. The third-order valence-corrected chi connectivity index (χ3v) is 4.57. The fourth-order valence-corrected chi connectivity index (χ4v) is 2.76. The fourth-order valence-electron chi connectivity index (χ4n) is 2.76. The summed E-state index contributed by atoms with van der Waals surface area (Å²) in [6.07, 6.45) is 0. The van der Waals surface area contributed by atoms with Crippen molar-refractivity contribution in [3.8, 4) is 5.75 Å². The quantitative estimate of drug-likeness (QED) is 0.880. The first-order chi connectivity index (χ1) is 11.3. The van der Waals surface area contributed by atoms with Crippen molar-refractivity contribution in [3.05, 3.63) is 63.7 Å². The summed E-state index contributed by atoms with van der Waals surface area (Å²) in [5.74, 6) is 0.613. The number of benzene rings is 2. The summed E-state index contributed by atoms with van der Waals surface area (Å²) in [6.45, 7) is 12.4. The van der Waals surface area contributed by atoms with Gasteiger partial charge in [-0.15, -0.1) is 0 Å². The number of aryl methyl sites for hydroxylation is 5. The van der Waals surface area contributed by atoms with E-state index in [1.807, 2.05) is 32.0 Å². The van der Waals surface area contributed by atoms with Crippen molar-refractivity contribution < 1.29 is 9.53 Å². The largest absolute Gasteiger partial charge is 0.484 e. The summed E-state index contributed by atoms with van der Waals surface area (Å²) in [5, 5.41) is 3.02. The fraction of sp³-hybridized carbons (Fsp3) is 0.381. The van der Waals surface area contributed by atoms with Gasteiger partial charge in [0.25, 0.3) is 5.91 Å². The molecule has 0 spiro atoms. The Balaban J connectivity index is 1.96. The Morgan fingerprint density at radius 3 is 2.21 bits per heavy atom. The second kappa shape index (κ2) is 7.52. The van der Waals surface area contributed by atoms with Crippen LogP contribution in [0.25, 0.3) is 0 Å². The van der Waals surface area contributed by atoms with Gasteiger partial charge in [-0.25, -0.2) is 0 Å². The molecule has 0 bridgehead atoms. The van der Waals surface area contributed by atoms with Gasteiger partial charge in [-0.3, -0.25) is 4.79 Å². The highest BCUT2D eigenvalue weighted by atomic mass is 16.5. The first-order valence-electron chi connectivity index (χ1n) is 8.35. The molecule has 0 aromatic heterocycles. The summed E-state index contributed by atoms with van der Waals surface area (Å²) >= 11 is 0. The van der Waals surface area contributed by atoms with Crippen LogP contribution in [0.2, 0.25) is 0 Å². The second-order valence-corrected chi connectivity index (χ2v) is 6.62. The van der Waals surface area contributed by atoms with Gasteiger partial charge >= 0.3 is 0 Å². The molecule has 3 nitrogen and oxygen atoms in total. The molecule has 0 saturated heterocycles. The maximum atomic E-state index is 12.2. The molecule has 0 aliphatic heterocycles. The molecule has 2 aromatic carbocycles. The first kappa shape index (κ1) is 18.1. The number of nitrogens with one attached hydrogen (secondary N) is 1. The molecule has 3 heteroatoms. The maximum absolute atomic E-state index is 12.2. The highest BCUT2D eigenvalue weighted by molar-refractivity contribution is 5.78. The molecule has 24 heavy (non-hydrogen) atoms. The Morgan fingerprint density at radius 2 is 1.54 bits per heavy atom. The molecule has 1 amide bonds. The smallest absolute Gasteiger partial charge is 0.258 e. The Labute approximate surface area is 145 Å². The average Bonchev–Trinajstić information content (AvgIpc) is 2.52. The van der Waals surface area contributed by atoms with Crippen molar-refractivity contribution in [2.24, 2.45) is 0 Å². The van der Waals surface area contributed by atoms with Crippen LogP contribution in [0.15, 0.2) is 30.3 Å². The van der Waals surface area contributed by atoms with E-state index in [0.29, 0.717) is 0 Å². The zero-order valence-corrected chi connectivity index (χ0v) is 15.5. The number of ether oxygens (including phenoxy) is 1. The Bertz CT molecular complexity index is 750. The van der Waals surface area contributed by atoms with Crippen LogP contribution in [-0.4, -0.2) is 12.5 Å². The molecule has 2 rings (SSSR count). The molecule has 0 fully saturated rings. The topological polar surface area (TPSA) is 38.3 Å². The molecule has 0 heterocycles. The minimum atomic E-state index is -0.113. The van der Waals surface area contributed by atoms with Crippen LogP contribution in [-0.2, 0) is 4.79 Å². The van der Waals surface area contributed by atoms with E-state index in [0.717, 1.165) is 16.9 Å². The number of carbonyl (C=O) groups excluding carboxylic acids is 1. The maximum Gasteiger partial charge on any atom is 0.258 e. The van der Waals surface area contributed by atoms with E-state index in [-0.39, 0.29) is 18.6 Å². The third-order valence-electron chi connectivity index (χ3n) is 4.57. The van der Waals surface area contributed by atoms with Crippen LogP contribution in [0.1, 0.15) is 46.3 Å². The lowest BCUT2D eigenvalue weighted by Crippen LogP contribution is -2.31. The molecule has 0 radical (unpaired) electrons. The number of hydrogen-bond donors (Lipinski definition) is 1. The van der Waals surface area contributed by atoms with E-state index in [1.165, 1.54) is 22.3 Å². The van der Waals surface area contributed by atoms with Gasteiger partial charge in [-0.2, -0.15) is 0 Å². The molecule has 0 unspecified atom stereocenters. The van der Waals surface area contributed by atoms with Gasteiger partial charge < -0.3 is 10.1 Å². The normalized spacial score (nSPS) is 11.9. The van der Waals surface area contributed by atoms with E-state index in [2.05, 4.69) is 45.1 Å². The second-order valence-electron chi connectivity index (χ2n) is 6.62. The van der Waals surface area contributed by atoms with Crippen LogP contribution < -0.4 is 10.1 Å². The molecule has 0 saturated carbocycles. The van der Waals surface area contributed by atoms with Crippen molar-refractivity contribution in [1.29, 1.82) is 0 Å². The molecule has 0 aliphatic rings. The van der Waals surface area contributed by atoms with Gasteiger partial charge in [0, 0.05) is 0 Å². The lowest BCUT2D eigenvalue weighted by Gasteiger charge is -2.18. The van der Waals surface area contributed by atoms with Gasteiger partial charge in [0.15, 0.2) is 6.61 Å². The molecular weight excluding hydrogens is 298 g/mol. The van der Waals surface area contributed by atoms with Crippen LogP contribution in [0.4, 0.5) is 0 Å². The summed E-state index contributed by atoms with van der Waals surface area (Å²) in [5.41, 5.74) is 7.23. The van der Waals surface area contributed by atoms with E-state index in [4.69, 9.17) is 4.74 Å². The molecule has 1 atom stereocenters. The number of carbonyl (C=O) groups is 1. The lowest BCUT2D eigenvalue weighted by molar-refractivity contribution is -0.123. The number of rotatable bonds is 5. The predicted molar refractivity (Wildman–Crippen MR) is 98.6 cm³/mol. The van der Waals surface area contributed by atoms with Crippen LogP contribution >= 0.6 is 0 Å². The number of hydrogen-bond acceptors (Lipinski definition) is 2. The van der Waals surface area contributed by atoms with Crippen molar-refractivity contribution in [2.45, 2.75) is 47.6 Å². The molecular formula is C21H27NO2. The summed E-state index contributed by atoms with van der Waals surface area (Å²) in [7, 11) is 0. The number of amides is 1. The monoisotopic (exact) mass is 325 g/mol. The van der Waals surface area contributed by atoms with Gasteiger partial charge in [-0.1, -0.05) is 18.2 Å². The summed E-state index contributed by atoms with van der Waals surface area (Å²) in [6, 6.07) is 10.1. The SMILES string of the molecule is Cc1ccc(OCC(=O)N[C@@H](C)c2cc(C)c(C)cc2C)cc1C. The first-order valence-corrected chi connectivity index (χ1v) is 8.35. The molecule has 2 aromatic rings. The van der Waals surface area contributed by atoms with Crippen molar-refractivity contribution in [3.63, 3.8) is 0 Å². The highest BCUT2D eigenvalue weighted by Crippen LogP contribution is 2.21. The molecule has 0 aliphatic carbocycles. The minimum absolute atomic E-state index is 0.0245. The third kappa shape index (κ3) is 4.38. The van der Waals surface area contributed by atoms with Crippen LogP contribution in [0.5, 0.6) is 5.75 Å². The zero-order valence-electron chi connectivity index (χ0n) is 15.5. The van der Waals surface area contributed by atoms with Gasteiger partial charge in [0.1, 0.15) is 5.75 Å². The lowest BCUT2D eigenvalue weighted by atomic mass is 9.96. The Hall–Kier alpha value is -2.29. The van der Waals surface area contributed by atoms with Crippen molar-refractivity contribution in [2.75, 3.05) is 6.61 Å². The minimum Gasteiger partial charge on any atom is -0.484 e. The van der Waals surface area contributed by atoms with Crippen molar-refractivity contribution >= 4 is 5.91 Å².